The largest absolute Gasteiger partial charge is 0.492 e. The van der Waals surface area contributed by atoms with Gasteiger partial charge in [0.25, 0.3) is 0 Å². The summed E-state index contributed by atoms with van der Waals surface area (Å²) in [5.74, 6) is 1.68. The molecule has 27 heavy (non-hydrogen) atoms. The van der Waals surface area contributed by atoms with E-state index in [0.717, 1.165) is 30.4 Å². The van der Waals surface area contributed by atoms with Crippen molar-refractivity contribution in [3.8, 4) is 5.75 Å². The second-order valence-corrected chi connectivity index (χ2v) is 6.52. The molecule has 0 heterocycles. The molecule has 2 N–H and O–H groups in total. The predicted molar refractivity (Wildman–Crippen MR) is 124 cm³/mol. The van der Waals surface area contributed by atoms with Crippen molar-refractivity contribution in [1.29, 1.82) is 0 Å². The number of benzene rings is 2. The van der Waals surface area contributed by atoms with Gasteiger partial charge < -0.3 is 20.3 Å². The van der Waals surface area contributed by atoms with Crippen LogP contribution in [0, 0.1) is 6.92 Å². The van der Waals surface area contributed by atoms with E-state index in [9.17, 15) is 0 Å². The molecule has 2 rings (SSSR count). The average Bonchev–Trinajstić information content (AvgIpc) is 2.64. The molecule has 0 fully saturated rings. The van der Waals surface area contributed by atoms with Crippen LogP contribution in [0.1, 0.15) is 16.7 Å². The number of aryl methyl sites for hydroxylation is 1. The van der Waals surface area contributed by atoms with Crippen molar-refractivity contribution < 1.29 is 4.74 Å². The zero-order valence-electron chi connectivity index (χ0n) is 16.7. The molecule has 0 spiro atoms. The van der Waals surface area contributed by atoms with Gasteiger partial charge in [-0.1, -0.05) is 48.0 Å². The number of rotatable bonds is 8. The van der Waals surface area contributed by atoms with E-state index in [-0.39, 0.29) is 24.0 Å². The standard InChI is InChI=1S/C21H30N4O.HI/c1-17-9-11-18(12-10-17)15-23-21(22-2)24-16-19-7-5-6-8-20(19)26-14-13-25(3)4;/h5-12H,13-16H2,1-4H3,(H2,22,23,24);1H. The first-order chi connectivity index (χ1) is 12.6. The molecule has 0 unspecified atom stereocenters. The number of nitrogens with one attached hydrogen (secondary N) is 2. The molecule has 2 aromatic rings. The summed E-state index contributed by atoms with van der Waals surface area (Å²) in [6, 6.07) is 16.6. The molecule has 148 valence electrons. The molecule has 0 bridgehead atoms. The van der Waals surface area contributed by atoms with E-state index < -0.39 is 0 Å². The molecule has 0 atom stereocenters. The lowest BCUT2D eigenvalue weighted by Crippen LogP contribution is -2.36. The normalized spacial score (nSPS) is 11.1. The van der Waals surface area contributed by atoms with Crippen molar-refractivity contribution >= 4 is 29.9 Å². The minimum absolute atomic E-state index is 0. The SMILES string of the molecule is CN=C(NCc1ccc(C)cc1)NCc1ccccc1OCCN(C)C.I. The number of hydrogen-bond donors (Lipinski definition) is 2. The van der Waals surface area contributed by atoms with Crippen molar-refractivity contribution in [2.24, 2.45) is 4.99 Å². The fourth-order valence-electron chi connectivity index (χ4n) is 2.42. The van der Waals surface area contributed by atoms with Crippen molar-refractivity contribution in [1.82, 2.24) is 15.5 Å². The van der Waals surface area contributed by atoms with E-state index in [0.29, 0.717) is 13.2 Å². The summed E-state index contributed by atoms with van der Waals surface area (Å²) in [7, 11) is 5.87. The van der Waals surface area contributed by atoms with Crippen LogP contribution in [0.15, 0.2) is 53.5 Å². The third-order valence-electron chi connectivity index (χ3n) is 4.02. The lowest BCUT2D eigenvalue weighted by atomic mass is 10.1. The zero-order chi connectivity index (χ0) is 18.8. The first-order valence-electron chi connectivity index (χ1n) is 8.94. The number of para-hydroxylation sites is 1. The van der Waals surface area contributed by atoms with Crippen LogP contribution in [0.25, 0.3) is 0 Å². The van der Waals surface area contributed by atoms with Crippen LogP contribution in [-0.4, -0.2) is 45.2 Å². The second kappa shape index (κ2) is 12.6. The highest BCUT2D eigenvalue weighted by atomic mass is 127. The van der Waals surface area contributed by atoms with Crippen molar-refractivity contribution in [3.63, 3.8) is 0 Å². The Hall–Kier alpha value is -1.80. The molecule has 0 amide bonds. The molecule has 0 aliphatic rings. The second-order valence-electron chi connectivity index (χ2n) is 6.52. The lowest BCUT2D eigenvalue weighted by molar-refractivity contribution is 0.259. The fourth-order valence-corrected chi connectivity index (χ4v) is 2.42. The summed E-state index contributed by atoms with van der Waals surface area (Å²) in [4.78, 5) is 6.41. The van der Waals surface area contributed by atoms with Gasteiger partial charge in [-0.2, -0.15) is 0 Å². The molecule has 0 saturated heterocycles. The van der Waals surface area contributed by atoms with E-state index in [4.69, 9.17) is 4.74 Å². The van der Waals surface area contributed by atoms with Crippen LogP contribution in [0.4, 0.5) is 0 Å². The number of nitrogens with zero attached hydrogens (tertiary/aromatic N) is 2. The first kappa shape index (κ1) is 23.2. The smallest absolute Gasteiger partial charge is 0.191 e. The Bertz CT molecular complexity index is 702. The third-order valence-corrected chi connectivity index (χ3v) is 4.02. The van der Waals surface area contributed by atoms with Gasteiger partial charge in [0.05, 0.1) is 0 Å². The fraction of sp³-hybridized carbons (Fsp3) is 0.381. The Balaban J connectivity index is 0.00000364. The van der Waals surface area contributed by atoms with Crippen molar-refractivity contribution in [2.45, 2.75) is 20.0 Å². The highest BCUT2D eigenvalue weighted by Gasteiger charge is 2.05. The third kappa shape index (κ3) is 8.62. The molecule has 2 aromatic carbocycles. The van der Waals surface area contributed by atoms with Gasteiger partial charge in [-0.3, -0.25) is 4.99 Å². The van der Waals surface area contributed by atoms with Gasteiger partial charge in [0, 0.05) is 32.2 Å². The molecule has 5 nitrogen and oxygen atoms in total. The van der Waals surface area contributed by atoms with Crippen LogP contribution in [0.5, 0.6) is 5.75 Å². The summed E-state index contributed by atoms with van der Waals surface area (Å²) >= 11 is 0. The van der Waals surface area contributed by atoms with Crippen LogP contribution in [0.3, 0.4) is 0 Å². The van der Waals surface area contributed by atoms with Gasteiger partial charge in [0.1, 0.15) is 12.4 Å². The maximum Gasteiger partial charge on any atom is 0.191 e. The first-order valence-corrected chi connectivity index (χ1v) is 8.94. The summed E-state index contributed by atoms with van der Waals surface area (Å²) in [5, 5.41) is 6.70. The van der Waals surface area contributed by atoms with Gasteiger partial charge >= 0.3 is 0 Å². The van der Waals surface area contributed by atoms with Crippen LogP contribution in [0.2, 0.25) is 0 Å². The Morgan fingerprint density at radius 2 is 1.67 bits per heavy atom. The Morgan fingerprint density at radius 1 is 1.00 bits per heavy atom. The Labute approximate surface area is 180 Å². The molecule has 0 aliphatic carbocycles. The predicted octanol–water partition coefficient (Wildman–Crippen LogP) is 3.42. The number of likely N-dealkylation sites (N-methyl/N-ethyl adjacent to an activating group) is 1. The number of hydrogen-bond acceptors (Lipinski definition) is 3. The van der Waals surface area contributed by atoms with E-state index >= 15 is 0 Å². The van der Waals surface area contributed by atoms with E-state index in [1.807, 2.05) is 32.3 Å². The number of ether oxygens (including phenoxy) is 1. The average molecular weight is 482 g/mol. The zero-order valence-corrected chi connectivity index (χ0v) is 19.0. The minimum Gasteiger partial charge on any atom is -0.492 e. The molecule has 6 heteroatoms. The van der Waals surface area contributed by atoms with E-state index in [1.54, 1.807) is 7.05 Å². The Morgan fingerprint density at radius 3 is 2.33 bits per heavy atom. The van der Waals surface area contributed by atoms with Gasteiger partial charge in [-0.15, -0.1) is 24.0 Å². The summed E-state index contributed by atoms with van der Waals surface area (Å²) < 4.78 is 5.91. The van der Waals surface area contributed by atoms with Gasteiger partial charge in [-0.25, -0.2) is 0 Å². The lowest BCUT2D eigenvalue weighted by Gasteiger charge is -2.16. The summed E-state index contributed by atoms with van der Waals surface area (Å²) in [6.45, 7) is 5.05. The van der Waals surface area contributed by atoms with E-state index in [2.05, 4.69) is 57.8 Å². The Kier molecular flexibility index (Phi) is 10.8. The van der Waals surface area contributed by atoms with E-state index in [1.165, 1.54) is 11.1 Å². The van der Waals surface area contributed by atoms with Gasteiger partial charge in [0.15, 0.2) is 5.96 Å². The monoisotopic (exact) mass is 482 g/mol. The molecule has 0 aliphatic heterocycles. The minimum atomic E-state index is 0. The molecule has 0 aromatic heterocycles. The molecule has 0 saturated carbocycles. The van der Waals surface area contributed by atoms with Crippen LogP contribution in [-0.2, 0) is 13.1 Å². The summed E-state index contributed by atoms with van der Waals surface area (Å²) in [5.41, 5.74) is 3.61. The molecular formula is C21H31IN4O. The maximum absolute atomic E-state index is 5.91. The topological polar surface area (TPSA) is 48.9 Å². The number of guanidine groups is 1. The quantitative estimate of drug-likeness (QED) is 0.344. The highest BCUT2D eigenvalue weighted by Crippen LogP contribution is 2.17. The van der Waals surface area contributed by atoms with Crippen molar-refractivity contribution in [3.05, 3.63) is 65.2 Å². The van der Waals surface area contributed by atoms with Gasteiger partial charge in [0.2, 0.25) is 0 Å². The molecular weight excluding hydrogens is 451 g/mol. The number of halogens is 1. The maximum atomic E-state index is 5.91. The highest BCUT2D eigenvalue weighted by molar-refractivity contribution is 14.0. The number of aliphatic imine (C=N–C) groups is 1. The summed E-state index contributed by atoms with van der Waals surface area (Å²) in [6.07, 6.45) is 0. The van der Waals surface area contributed by atoms with Crippen LogP contribution >= 0.6 is 24.0 Å². The van der Waals surface area contributed by atoms with Crippen LogP contribution < -0.4 is 15.4 Å². The van der Waals surface area contributed by atoms with Gasteiger partial charge in [-0.05, 0) is 32.6 Å². The molecule has 0 radical (unpaired) electrons. The van der Waals surface area contributed by atoms with Crippen molar-refractivity contribution in [2.75, 3.05) is 34.3 Å².